The minimum Gasteiger partial charge on any atom is -0.340 e. The van der Waals surface area contributed by atoms with Crippen molar-refractivity contribution in [3.8, 4) is 0 Å². The average molecular weight is 399 g/mol. The van der Waals surface area contributed by atoms with Crippen LogP contribution < -0.4 is 4.90 Å². The molecule has 0 atom stereocenters. The van der Waals surface area contributed by atoms with E-state index in [4.69, 9.17) is 0 Å². The lowest BCUT2D eigenvalue weighted by Gasteiger charge is -2.33. The van der Waals surface area contributed by atoms with Crippen molar-refractivity contribution >= 4 is 34.8 Å². The molecule has 0 unspecified atom stereocenters. The first-order valence-corrected chi connectivity index (χ1v) is 11.1. The SMILES string of the molecule is CN(C)CCCN1c2ccccc2Sc2cc(C3=Cc4ccccc4C3)ccc21. The molecule has 0 aromatic heterocycles. The maximum absolute atomic E-state index is 2.51. The minimum atomic E-state index is 1.03. The fourth-order valence-corrected chi connectivity index (χ4v) is 5.42. The van der Waals surface area contributed by atoms with Gasteiger partial charge in [0.1, 0.15) is 0 Å². The van der Waals surface area contributed by atoms with Gasteiger partial charge in [0.05, 0.1) is 11.4 Å². The Bertz CT molecular complexity index is 1080. The van der Waals surface area contributed by atoms with Gasteiger partial charge in [-0.1, -0.05) is 60.3 Å². The maximum Gasteiger partial charge on any atom is 0.0553 e. The number of anilines is 2. The van der Waals surface area contributed by atoms with Gasteiger partial charge in [0, 0.05) is 16.3 Å². The van der Waals surface area contributed by atoms with Gasteiger partial charge in [-0.15, -0.1) is 0 Å². The van der Waals surface area contributed by atoms with Crippen LogP contribution in [0.15, 0.2) is 76.5 Å². The molecule has 3 aromatic rings. The molecular formula is C26H26N2S. The van der Waals surface area contributed by atoms with Crippen molar-refractivity contribution in [3.63, 3.8) is 0 Å². The zero-order valence-electron chi connectivity index (χ0n) is 17.1. The Hall–Kier alpha value is -2.49. The summed E-state index contributed by atoms with van der Waals surface area (Å²) >= 11 is 1.90. The van der Waals surface area contributed by atoms with Crippen LogP contribution in [0.5, 0.6) is 0 Å². The van der Waals surface area contributed by atoms with Crippen molar-refractivity contribution in [1.29, 1.82) is 0 Å². The van der Waals surface area contributed by atoms with E-state index < -0.39 is 0 Å². The normalized spacial score (nSPS) is 14.4. The summed E-state index contributed by atoms with van der Waals surface area (Å²) in [5.41, 5.74) is 8.25. The third-order valence-electron chi connectivity index (χ3n) is 5.75. The molecule has 1 heterocycles. The highest BCUT2D eigenvalue weighted by Gasteiger charge is 2.24. The quantitative estimate of drug-likeness (QED) is 0.495. The summed E-state index contributed by atoms with van der Waals surface area (Å²) in [6.07, 6.45) is 4.53. The molecule has 2 nitrogen and oxygen atoms in total. The maximum atomic E-state index is 2.51. The van der Waals surface area contributed by atoms with E-state index in [2.05, 4.69) is 96.7 Å². The molecular weight excluding hydrogens is 372 g/mol. The molecule has 0 saturated carbocycles. The molecule has 3 heteroatoms. The Labute approximate surface area is 177 Å². The monoisotopic (exact) mass is 398 g/mol. The van der Waals surface area contributed by atoms with Crippen LogP contribution in [-0.4, -0.2) is 32.1 Å². The van der Waals surface area contributed by atoms with Gasteiger partial charge in [-0.05, 0) is 80.0 Å². The standard InChI is InChI=1S/C26H26N2S/c1-27(2)14-7-15-28-23-10-5-6-11-25(23)29-26-18-21(12-13-24(26)28)22-16-19-8-3-4-9-20(19)17-22/h3-6,8-13,16,18H,7,14-15,17H2,1-2H3. The summed E-state index contributed by atoms with van der Waals surface area (Å²) in [6, 6.07) is 24.6. The van der Waals surface area contributed by atoms with E-state index in [1.165, 1.54) is 43.4 Å². The number of nitrogens with zero attached hydrogens (tertiary/aromatic N) is 2. The molecule has 0 fully saturated rings. The molecule has 5 rings (SSSR count). The number of hydrogen-bond acceptors (Lipinski definition) is 3. The van der Waals surface area contributed by atoms with Gasteiger partial charge in [0.2, 0.25) is 0 Å². The minimum absolute atomic E-state index is 1.03. The van der Waals surface area contributed by atoms with E-state index in [0.29, 0.717) is 0 Å². The lowest BCUT2D eigenvalue weighted by atomic mass is 10.0. The highest BCUT2D eigenvalue weighted by Crippen LogP contribution is 2.49. The van der Waals surface area contributed by atoms with Gasteiger partial charge in [0.15, 0.2) is 0 Å². The first-order chi connectivity index (χ1) is 14.2. The summed E-state index contributed by atoms with van der Waals surface area (Å²) in [5, 5.41) is 0. The summed E-state index contributed by atoms with van der Waals surface area (Å²) < 4.78 is 0. The zero-order valence-corrected chi connectivity index (χ0v) is 17.9. The number of rotatable bonds is 5. The van der Waals surface area contributed by atoms with E-state index in [9.17, 15) is 0 Å². The molecule has 0 bridgehead atoms. The van der Waals surface area contributed by atoms with Gasteiger partial charge in [-0.3, -0.25) is 0 Å². The molecule has 1 aliphatic carbocycles. The fraction of sp³-hybridized carbons (Fsp3) is 0.231. The van der Waals surface area contributed by atoms with Crippen LogP contribution >= 0.6 is 11.8 Å². The molecule has 146 valence electrons. The second kappa shape index (κ2) is 7.74. The first-order valence-electron chi connectivity index (χ1n) is 10.3. The Balaban J connectivity index is 1.48. The summed E-state index contributed by atoms with van der Waals surface area (Å²) in [7, 11) is 4.29. The van der Waals surface area contributed by atoms with Crippen molar-refractivity contribution < 1.29 is 0 Å². The lowest BCUT2D eigenvalue weighted by molar-refractivity contribution is 0.402. The number of fused-ring (bicyclic) bond motifs is 3. The van der Waals surface area contributed by atoms with Gasteiger partial charge < -0.3 is 9.80 Å². The summed E-state index contributed by atoms with van der Waals surface area (Å²) in [6.45, 7) is 2.14. The predicted molar refractivity (Wildman–Crippen MR) is 125 cm³/mol. The van der Waals surface area contributed by atoms with Crippen LogP contribution in [0, 0.1) is 0 Å². The topological polar surface area (TPSA) is 6.48 Å². The molecule has 1 aliphatic heterocycles. The molecule has 0 spiro atoms. The van der Waals surface area contributed by atoms with Gasteiger partial charge >= 0.3 is 0 Å². The summed E-state index contributed by atoms with van der Waals surface area (Å²) in [4.78, 5) is 7.49. The smallest absolute Gasteiger partial charge is 0.0553 e. The molecule has 29 heavy (non-hydrogen) atoms. The molecule has 3 aromatic carbocycles. The molecule has 0 amide bonds. The first kappa shape index (κ1) is 18.5. The van der Waals surface area contributed by atoms with Gasteiger partial charge in [-0.25, -0.2) is 0 Å². The zero-order chi connectivity index (χ0) is 19.8. The van der Waals surface area contributed by atoms with Crippen LogP contribution in [0.25, 0.3) is 11.6 Å². The third-order valence-corrected chi connectivity index (χ3v) is 6.86. The van der Waals surface area contributed by atoms with E-state index in [0.717, 1.165) is 25.9 Å². The van der Waals surface area contributed by atoms with E-state index >= 15 is 0 Å². The van der Waals surface area contributed by atoms with Crippen LogP contribution in [0.4, 0.5) is 11.4 Å². The number of para-hydroxylation sites is 1. The van der Waals surface area contributed by atoms with Crippen molar-refractivity contribution in [1.82, 2.24) is 4.90 Å². The van der Waals surface area contributed by atoms with Crippen LogP contribution in [-0.2, 0) is 6.42 Å². The largest absolute Gasteiger partial charge is 0.340 e. The Kier molecular flexibility index (Phi) is 4.94. The summed E-state index contributed by atoms with van der Waals surface area (Å²) in [5.74, 6) is 0. The van der Waals surface area contributed by atoms with Crippen molar-refractivity contribution in [3.05, 3.63) is 83.4 Å². The highest BCUT2D eigenvalue weighted by atomic mass is 32.2. The second-order valence-electron chi connectivity index (χ2n) is 8.11. The molecule has 0 saturated heterocycles. The fourth-order valence-electron chi connectivity index (χ4n) is 4.28. The highest BCUT2D eigenvalue weighted by molar-refractivity contribution is 7.99. The van der Waals surface area contributed by atoms with Crippen LogP contribution in [0.2, 0.25) is 0 Å². The predicted octanol–water partition coefficient (Wildman–Crippen LogP) is 6.34. The van der Waals surface area contributed by atoms with E-state index in [-0.39, 0.29) is 0 Å². The van der Waals surface area contributed by atoms with Gasteiger partial charge in [0.25, 0.3) is 0 Å². The molecule has 2 aliphatic rings. The number of hydrogen-bond donors (Lipinski definition) is 0. The third kappa shape index (κ3) is 3.61. The molecule has 0 N–H and O–H groups in total. The second-order valence-corrected chi connectivity index (χ2v) is 9.19. The van der Waals surface area contributed by atoms with Crippen molar-refractivity contribution in [2.45, 2.75) is 22.6 Å². The van der Waals surface area contributed by atoms with Gasteiger partial charge in [-0.2, -0.15) is 0 Å². The Morgan fingerprint density at radius 2 is 1.69 bits per heavy atom. The van der Waals surface area contributed by atoms with E-state index in [1.54, 1.807) is 0 Å². The Morgan fingerprint density at radius 3 is 2.55 bits per heavy atom. The average Bonchev–Trinajstić information content (AvgIpc) is 3.17. The van der Waals surface area contributed by atoms with Crippen LogP contribution in [0.3, 0.4) is 0 Å². The number of allylic oxidation sites excluding steroid dienone is 1. The van der Waals surface area contributed by atoms with E-state index in [1.807, 2.05) is 11.8 Å². The Morgan fingerprint density at radius 1 is 0.897 bits per heavy atom. The van der Waals surface area contributed by atoms with Crippen LogP contribution in [0.1, 0.15) is 23.1 Å². The molecule has 0 radical (unpaired) electrons. The number of benzene rings is 3. The lowest BCUT2D eigenvalue weighted by Crippen LogP contribution is -2.25. The van der Waals surface area contributed by atoms with Crippen molar-refractivity contribution in [2.24, 2.45) is 0 Å². The van der Waals surface area contributed by atoms with Crippen molar-refractivity contribution in [2.75, 3.05) is 32.1 Å².